The first-order valence-electron chi connectivity index (χ1n) is 8.84. The number of benzene rings is 2. The predicted molar refractivity (Wildman–Crippen MR) is 105 cm³/mol. The minimum atomic E-state index is -0.165. The molecule has 0 aliphatic rings. The highest BCUT2D eigenvalue weighted by Crippen LogP contribution is 2.29. The van der Waals surface area contributed by atoms with Crippen molar-refractivity contribution in [3.05, 3.63) is 54.1 Å². The molecule has 2 amide bonds. The third kappa shape index (κ3) is 6.66. The first-order chi connectivity index (χ1) is 13.0. The molecule has 2 aromatic rings. The summed E-state index contributed by atoms with van der Waals surface area (Å²) in [6.07, 6.45) is 0.536. The van der Waals surface area contributed by atoms with Crippen LogP contribution in [-0.2, 0) is 16.1 Å². The number of anilines is 1. The minimum Gasteiger partial charge on any atom is -0.497 e. The summed E-state index contributed by atoms with van der Waals surface area (Å²) in [5, 5.41) is 5.70. The summed E-state index contributed by atoms with van der Waals surface area (Å²) < 4.78 is 10.4. The molecule has 0 saturated carbocycles. The average molecular weight is 370 g/mol. The topological polar surface area (TPSA) is 76.7 Å². The molecular formula is C21H26N2O4. The molecule has 0 spiro atoms. The lowest BCUT2D eigenvalue weighted by Crippen LogP contribution is -2.26. The molecule has 144 valence electrons. The van der Waals surface area contributed by atoms with E-state index in [0.29, 0.717) is 30.2 Å². The fourth-order valence-electron chi connectivity index (χ4n) is 2.68. The summed E-state index contributed by atoms with van der Waals surface area (Å²) in [5.74, 6) is 0.859. The zero-order valence-electron chi connectivity index (χ0n) is 16.0. The quantitative estimate of drug-likeness (QED) is 0.709. The first-order valence-corrected chi connectivity index (χ1v) is 8.84. The molecule has 6 nitrogen and oxygen atoms in total. The highest BCUT2D eigenvalue weighted by atomic mass is 16.5. The van der Waals surface area contributed by atoms with Crippen LogP contribution in [0, 0.1) is 5.92 Å². The van der Waals surface area contributed by atoms with Gasteiger partial charge in [-0.3, -0.25) is 9.59 Å². The van der Waals surface area contributed by atoms with Crippen LogP contribution in [0.3, 0.4) is 0 Å². The maximum Gasteiger partial charge on any atom is 0.224 e. The van der Waals surface area contributed by atoms with Crippen LogP contribution in [0.1, 0.15) is 25.3 Å². The Balaban J connectivity index is 1.80. The molecule has 0 radical (unpaired) electrons. The van der Waals surface area contributed by atoms with Crippen molar-refractivity contribution in [1.29, 1.82) is 0 Å². The van der Waals surface area contributed by atoms with E-state index >= 15 is 0 Å². The van der Waals surface area contributed by atoms with Crippen molar-refractivity contribution < 1.29 is 19.1 Å². The van der Waals surface area contributed by atoms with Gasteiger partial charge in [-0.05, 0) is 23.6 Å². The van der Waals surface area contributed by atoms with Gasteiger partial charge >= 0.3 is 0 Å². The van der Waals surface area contributed by atoms with Crippen molar-refractivity contribution in [2.45, 2.75) is 26.3 Å². The number of nitrogens with one attached hydrogen (secondary N) is 2. The Labute approximate surface area is 159 Å². The van der Waals surface area contributed by atoms with Gasteiger partial charge in [-0.1, -0.05) is 37.3 Å². The van der Waals surface area contributed by atoms with Crippen LogP contribution < -0.4 is 20.1 Å². The Morgan fingerprint density at radius 3 is 2.33 bits per heavy atom. The molecule has 27 heavy (non-hydrogen) atoms. The van der Waals surface area contributed by atoms with Gasteiger partial charge in [-0.15, -0.1) is 0 Å². The third-order valence-electron chi connectivity index (χ3n) is 4.08. The Bertz CT molecular complexity index is 762. The third-order valence-corrected chi connectivity index (χ3v) is 4.08. The number of carbonyl (C=O) groups excluding carboxylic acids is 2. The van der Waals surface area contributed by atoms with E-state index < -0.39 is 0 Å². The van der Waals surface area contributed by atoms with E-state index in [1.54, 1.807) is 25.3 Å². The second-order valence-corrected chi connectivity index (χ2v) is 6.39. The van der Waals surface area contributed by atoms with Crippen molar-refractivity contribution in [2.75, 3.05) is 19.5 Å². The molecule has 2 rings (SSSR count). The largest absolute Gasteiger partial charge is 0.497 e. The zero-order valence-corrected chi connectivity index (χ0v) is 16.0. The predicted octanol–water partition coefficient (Wildman–Crippen LogP) is 3.38. The van der Waals surface area contributed by atoms with Gasteiger partial charge in [0, 0.05) is 25.5 Å². The van der Waals surface area contributed by atoms with Gasteiger partial charge < -0.3 is 20.1 Å². The maximum absolute atomic E-state index is 12.3. The summed E-state index contributed by atoms with van der Waals surface area (Å²) >= 11 is 0. The van der Waals surface area contributed by atoms with Crippen molar-refractivity contribution in [2.24, 2.45) is 5.92 Å². The Morgan fingerprint density at radius 2 is 1.67 bits per heavy atom. The lowest BCUT2D eigenvalue weighted by atomic mass is 10.0. The number of rotatable bonds is 9. The van der Waals surface area contributed by atoms with Gasteiger partial charge in [0.05, 0.1) is 19.9 Å². The van der Waals surface area contributed by atoms with Crippen molar-refractivity contribution in [1.82, 2.24) is 5.32 Å². The van der Waals surface area contributed by atoms with Gasteiger partial charge in [0.15, 0.2) is 0 Å². The maximum atomic E-state index is 12.3. The van der Waals surface area contributed by atoms with Gasteiger partial charge in [0.25, 0.3) is 0 Å². The van der Waals surface area contributed by atoms with Gasteiger partial charge in [-0.25, -0.2) is 0 Å². The molecule has 2 aromatic carbocycles. The molecule has 0 saturated heterocycles. The number of ether oxygens (including phenoxy) is 2. The number of methoxy groups -OCH3 is 2. The number of hydrogen-bond donors (Lipinski definition) is 2. The summed E-state index contributed by atoms with van der Waals surface area (Å²) in [5.41, 5.74) is 1.62. The van der Waals surface area contributed by atoms with Crippen molar-refractivity contribution in [3.63, 3.8) is 0 Å². The van der Waals surface area contributed by atoms with Crippen molar-refractivity contribution in [3.8, 4) is 11.5 Å². The average Bonchev–Trinajstić information content (AvgIpc) is 2.67. The van der Waals surface area contributed by atoms with E-state index in [2.05, 4.69) is 10.6 Å². The minimum absolute atomic E-state index is 0.0684. The molecule has 0 fully saturated rings. The normalized spacial score (nSPS) is 11.4. The van der Waals surface area contributed by atoms with Crippen molar-refractivity contribution >= 4 is 17.5 Å². The van der Waals surface area contributed by atoms with E-state index in [1.165, 1.54) is 7.11 Å². The van der Waals surface area contributed by atoms with Crippen LogP contribution in [0.15, 0.2) is 48.5 Å². The number of hydrogen-bond acceptors (Lipinski definition) is 4. The molecule has 0 aromatic heterocycles. The molecule has 0 unspecified atom stereocenters. The van der Waals surface area contributed by atoms with E-state index in [4.69, 9.17) is 9.47 Å². The Hall–Kier alpha value is -3.02. The lowest BCUT2D eigenvalue weighted by molar-refractivity contribution is -0.122. The van der Waals surface area contributed by atoms with E-state index in [0.717, 1.165) is 5.56 Å². The van der Waals surface area contributed by atoms with Crippen LogP contribution >= 0.6 is 0 Å². The fraction of sp³-hybridized carbons (Fsp3) is 0.333. The molecule has 0 aliphatic heterocycles. The van der Waals surface area contributed by atoms with Crippen LogP contribution in [0.2, 0.25) is 0 Å². The van der Waals surface area contributed by atoms with E-state index in [9.17, 15) is 9.59 Å². The molecule has 2 N–H and O–H groups in total. The monoisotopic (exact) mass is 370 g/mol. The summed E-state index contributed by atoms with van der Waals surface area (Å²) in [6, 6.07) is 14.9. The lowest BCUT2D eigenvalue weighted by Gasteiger charge is -2.14. The number of carbonyl (C=O) groups is 2. The first kappa shape index (κ1) is 20.3. The SMILES string of the molecule is COc1ccc(NC(=O)C[C@H](C)CC(=O)NCc2ccccc2)c(OC)c1. The van der Waals surface area contributed by atoms with E-state index in [1.807, 2.05) is 37.3 Å². The molecule has 1 atom stereocenters. The van der Waals surface area contributed by atoms with Crippen LogP contribution in [-0.4, -0.2) is 26.0 Å². The molecular weight excluding hydrogens is 344 g/mol. The molecule has 0 heterocycles. The van der Waals surface area contributed by atoms with Gasteiger partial charge in [0.2, 0.25) is 11.8 Å². The molecule has 0 bridgehead atoms. The molecule has 6 heteroatoms. The smallest absolute Gasteiger partial charge is 0.224 e. The second-order valence-electron chi connectivity index (χ2n) is 6.39. The van der Waals surface area contributed by atoms with Crippen LogP contribution in [0.5, 0.6) is 11.5 Å². The summed E-state index contributed by atoms with van der Waals surface area (Å²) in [4.78, 5) is 24.3. The van der Waals surface area contributed by atoms with Crippen LogP contribution in [0.25, 0.3) is 0 Å². The molecule has 0 aliphatic carbocycles. The summed E-state index contributed by atoms with van der Waals surface area (Å²) in [7, 11) is 3.10. The standard InChI is InChI=1S/C21H26N2O4/c1-15(11-20(24)22-14-16-7-5-4-6-8-16)12-21(25)23-18-10-9-17(26-2)13-19(18)27-3/h4-10,13,15H,11-12,14H2,1-3H3,(H,22,24)(H,23,25)/t15-/m1/s1. The van der Waals surface area contributed by atoms with E-state index in [-0.39, 0.29) is 24.2 Å². The fourth-order valence-corrected chi connectivity index (χ4v) is 2.68. The highest BCUT2D eigenvalue weighted by Gasteiger charge is 2.15. The van der Waals surface area contributed by atoms with Gasteiger partial charge in [-0.2, -0.15) is 0 Å². The second kappa shape index (κ2) is 10.2. The number of amides is 2. The van der Waals surface area contributed by atoms with Crippen LogP contribution in [0.4, 0.5) is 5.69 Å². The Kier molecular flexibility index (Phi) is 7.67. The zero-order chi connectivity index (χ0) is 19.6. The summed E-state index contributed by atoms with van der Waals surface area (Å²) in [6.45, 7) is 2.37. The highest BCUT2D eigenvalue weighted by molar-refractivity contribution is 5.92. The van der Waals surface area contributed by atoms with Gasteiger partial charge in [0.1, 0.15) is 11.5 Å². The Morgan fingerprint density at radius 1 is 0.963 bits per heavy atom.